The normalized spacial score (nSPS) is 15.6. The Kier molecular flexibility index (Phi) is 6.93. The van der Waals surface area contributed by atoms with Gasteiger partial charge in [-0.05, 0) is 48.5 Å². The number of ether oxygens (including phenoxy) is 2. The molecule has 1 aliphatic rings. The minimum absolute atomic E-state index is 0.0146. The molecule has 0 saturated carbocycles. The molecular weight excluding hydrogens is 441 g/mol. The molecule has 3 amide bonds. The number of carbonyl (C=O) groups is 3. The summed E-state index contributed by atoms with van der Waals surface area (Å²) in [7, 11) is 1.52. The van der Waals surface area contributed by atoms with Crippen LogP contribution in [0.2, 0.25) is 0 Å². The number of nitrogens with zero attached hydrogens (tertiary/aromatic N) is 2. The summed E-state index contributed by atoms with van der Waals surface area (Å²) in [6.45, 7) is -0.142. The van der Waals surface area contributed by atoms with E-state index < -0.39 is 17.9 Å². The van der Waals surface area contributed by atoms with E-state index in [2.05, 4.69) is 10.3 Å². The summed E-state index contributed by atoms with van der Waals surface area (Å²) >= 11 is 0. The minimum atomic E-state index is -0.552. The summed E-state index contributed by atoms with van der Waals surface area (Å²) in [5.41, 5.74) is 1.81. The highest BCUT2D eigenvalue weighted by Gasteiger charge is 2.31. The van der Waals surface area contributed by atoms with Gasteiger partial charge in [-0.25, -0.2) is 4.39 Å². The maximum absolute atomic E-state index is 13.4. The van der Waals surface area contributed by atoms with E-state index in [0.717, 1.165) is 4.90 Å². The van der Waals surface area contributed by atoms with E-state index in [1.54, 1.807) is 48.5 Å². The van der Waals surface area contributed by atoms with E-state index in [4.69, 9.17) is 9.47 Å². The first-order valence-corrected chi connectivity index (χ1v) is 10.5. The van der Waals surface area contributed by atoms with Gasteiger partial charge in [0.1, 0.15) is 18.2 Å². The minimum Gasteiger partial charge on any atom is -0.497 e. The number of pyridine rings is 1. The molecule has 3 aromatic rings. The number of carbonyl (C=O) groups excluding carboxylic acids is 3. The van der Waals surface area contributed by atoms with Gasteiger partial charge in [-0.2, -0.15) is 0 Å². The molecule has 2 aromatic carbocycles. The van der Waals surface area contributed by atoms with Gasteiger partial charge in [-0.1, -0.05) is 12.1 Å². The molecule has 34 heavy (non-hydrogen) atoms. The SMILES string of the molecule is COc1ccc(C(=O)N2CC(CNC(=O)c3ccc(-c4cccc(F)c4)nc3)OCC2=O)cc1. The number of nitrogens with one attached hydrogen (secondary N) is 1. The van der Waals surface area contributed by atoms with Crippen molar-refractivity contribution in [2.45, 2.75) is 6.10 Å². The predicted molar refractivity (Wildman–Crippen MR) is 121 cm³/mol. The summed E-state index contributed by atoms with van der Waals surface area (Å²) in [5.74, 6) is -1.03. The second-order valence-electron chi connectivity index (χ2n) is 7.62. The number of benzene rings is 2. The third-order valence-corrected chi connectivity index (χ3v) is 5.35. The maximum Gasteiger partial charge on any atom is 0.260 e. The quantitative estimate of drug-likeness (QED) is 0.565. The van der Waals surface area contributed by atoms with E-state index in [0.29, 0.717) is 28.1 Å². The molecule has 1 saturated heterocycles. The number of rotatable bonds is 6. The number of methoxy groups -OCH3 is 1. The lowest BCUT2D eigenvalue weighted by Crippen LogP contribution is -2.52. The number of aromatic nitrogens is 1. The highest BCUT2D eigenvalue weighted by molar-refractivity contribution is 6.05. The van der Waals surface area contributed by atoms with Crippen LogP contribution in [0.5, 0.6) is 5.75 Å². The number of halogens is 1. The van der Waals surface area contributed by atoms with Crippen LogP contribution in [-0.2, 0) is 9.53 Å². The van der Waals surface area contributed by atoms with Crippen molar-refractivity contribution in [3.8, 4) is 17.0 Å². The molecule has 4 rings (SSSR count). The molecule has 1 unspecified atom stereocenters. The van der Waals surface area contributed by atoms with Gasteiger partial charge in [0.2, 0.25) is 0 Å². The molecule has 1 aliphatic heterocycles. The Labute approximate surface area is 195 Å². The monoisotopic (exact) mass is 463 g/mol. The first kappa shape index (κ1) is 23.1. The molecule has 1 N–H and O–H groups in total. The van der Waals surface area contributed by atoms with E-state index >= 15 is 0 Å². The van der Waals surface area contributed by atoms with E-state index in [-0.39, 0.29) is 31.4 Å². The Hall–Kier alpha value is -4.11. The Balaban J connectivity index is 1.35. The van der Waals surface area contributed by atoms with Gasteiger partial charge in [0, 0.05) is 23.9 Å². The van der Waals surface area contributed by atoms with Crippen LogP contribution in [0.15, 0.2) is 66.9 Å². The van der Waals surface area contributed by atoms with Gasteiger partial charge in [-0.3, -0.25) is 24.3 Å². The van der Waals surface area contributed by atoms with E-state index in [1.807, 2.05) is 0 Å². The lowest BCUT2D eigenvalue weighted by Gasteiger charge is -2.31. The average molecular weight is 463 g/mol. The zero-order chi connectivity index (χ0) is 24.1. The highest BCUT2D eigenvalue weighted by Crippen LogP contribution is 2.18. The Morgan fingerprint density at radius 3 is 2.59 bits per heavy atom. The van der Waals surface area contributed by atoms with Gasteiger partial charge < -0.3 is 14.8 Å². The van der Waals surface area contributed by atoms with Crippen LogP contribution in [0.25, 0.3) is 11.3 Å². The molecule has 1 fully saturated rings. The standard InChI is InChI=1S/C25H22FN3O5/c1-33-20-8-5-16(6-9-20)25(32)29-14-21(34-15-23(29)30)13-28-24(31)18-7-10-22(27-12-18)17-3-2-4-19(26)11-17/h2-12,21H,13-15H2,1H3,(H,28,31). The van der Waals surface area contributed by atoms with Crippen LogP contribution in [-0.4, -0.2) is 60.5 Å². The molecular formula is C25H22FN3O5. The lowest BCUT2D eigenvalue weighted by molar-refractivity contribution is -0.144. The van der Waals surface area contributed by atoms with Crippen LogP contribution >= 0.6 is 0 Å². The topological polar surface area (TPSA) is 97.8 Å². The highest BCUT2D eigenvalue weighted by atomic mass is 19.1. The fourth-order valence-electron chi connectivity index (χ4n) is 3.49. The first-order chi connectivity index (χ1) is 16.4. The molecule has 9 heteroatoms. The Morgan fingerprint density at radius 1 is 1.15 bits per heavy atom. The molecule has 0 spiro atoms. The third kappa shape index (κ3) is 5.26. The van der Waals surface area contributed by atoms with Crippen molar-refractivity contribution < 1.29 is 28.2 Å². The molecule has 8 nitrogen and oxygen atoms in total. The van der Waals surface area contributed by atoms with Crippen molar-refractivity contribution >= 4 is 17.7 Å². The molecule has 1 aromatic heterocycles. The van der Waals surface area contributed by atoms with Crippen LogP contribution in [0.4, 0.5) is 4.39 Å². The molecule has 174 valence electrons. The summed E-state index contributed by atoms with van der Waals surface area (Å²) in [6, 6.07) is 15.7. The zero-order valence-corrected chi connectivity index (χ0v) is 18.4. The Bertz CT molecular complexity index is 1200. The number of hydrogen-bond acceptors (Lipinski definition) is 6. The van der Waals surface area contributed by atoms with Gasteiger partial charge >= 0.3 is 0 Å². The van der Waals surface area contributed by atoms with Gasteiger partial charge in [-0.15, -0.1) is 0 Å². The van der Waals surface area contributed by atoms with E-state index in [9.17, 15) is 18.8 Å². The van der Waals surface area contributed by atoms with Gasteiger partial charge in [0.25, 0.3) is 17.7 Å². The molecule has 2 heterocycles. The van der Waals surface area contributed by atoms with Crippen LogP contribution in [0, 0.1) is 5.82 Å². The van der Waals surface area contributed by atoms with Crippen molar-refractivity contribution in [3.63, 3.8) is 0 Å². The smallest absolute Gasteiger partial charge is 0.260 e. The second kappa shape index (κ2) is 10.2. The first-order valence-electron chi connectivity index (χ1n) is 10.5. The summed E-state index contributed by atoms with van der Waals surface area (Å²) in [5, 5.41) is 2.74. The molecule has 1 atom stereocenters. The van der Waals surface area contributed by atoms with Crippen molar-refractivity contribution in [3.05, 3.63) is 83.8 Å². The predicted octanol–water partition coefficient (Wildman–Crippen LogP) is 2.69. The molecule has 0 aliphatic carbocycles. The zero-order valence-electron chi connectivity index (χ0n) is 18.4. The number of imide groups is 1. The summed E-state index contributed by atoms with van der Waals surface area (Å²) in [4.78, 5) is 42.9. The lowest BCUT2D eigenvalue weighted by atomic mass is 10.1. The summed E-state index contributed by atoms with van der Waals surface area (Å²) < 4.78 is 24.0. The van der Waals surface area contributed by atoms with Crippen molar-refractivity contribution in [1.29, 1.82) is 0 Å². The number of morpholine rings is 1. The van der Waals surface area contributed by atoms with Crippen LogP contribution < -0.4 is 10.1 Å². The van der Waals surface area contributed by atoms with Crippen molar-refractivity contribution in [1.82, 2.24) is 15.2 Å². The largest absolute Gasteiger partial charge is 0.497 e. The second-order valence-corrected chi connectivity index (χ2v) is 7.62. The number of amides is 3. The van der Waals surface area contributed by atoms with Gasteiger partial charge in [0.15, 0.2) is 0 Å². The fourth-order valence-corrected chi connectivity index (χ4v) is 3.49. The van der Waals surface area contributed by atoms with E-state index in [1.165, 1.54) is 25.4 Å². The van der Waals surface area contributed by atoms with Crippen LogP contribution in [0.1, 0.15) is 20.7 Å². The third-order valence-electron chi connectivity index (χ3n) is 5.35. The summed E-state index contributed by atoms with van der Waals surface area (Å²) in [6.07, 6.45) is 0.851. The van der Waals surface area contributed by atoms with Crippen molar-refractivity contribution in [2.75, 3.05) is 26.8 Å². The fraction of sp³-hybridized carbons (Fsp3) is 0.200. The molecule has 0 bridgehead atoms. The average Bonchev–Trinajstić information content (AvgIpc) is 2.87. The molecule has 0 radical (unpaired) electrons. The number of hydrogen-bond donors (Lipinski definition) is 1. The Morgan fingerprint density at radius 2 is 1.91 bits per heavy atom. The van der Waals surface area contributed by atoms with Crippen molar-refractivity contribution in [2.24, 2.45) is 0 Å². The maximum atomic E-state index is 13.4. The van der Waals surface area contributed by atoms with Gasteiger partial charge in [0.05, 0.1) is 31.0 Å². The van der Waals surface area contributed by atoms with Crippen LogP contribution in [0.3, 0.4) is 0 Å².